The van der Waals surface area contributed by atoms with Gasteiger partial charge in [-0.15, -0.1) is 0 Å². The molecule has 3 heterocycles. The number of rotatable bonds is 0. The van der Waals surface area contributed by atoms with Gasteiger partial charge in [-0.3, -0.25) is 0 Å². The van der Waals surface area contributed by atoms with E-state index in [-0.39, 0.29) is 0 Å². The second-order valence-electron chi connectivity index (χ2n) is 5.15. The van der Waals surface area contributed by atoms with E-state index in [2.05, 4.69) is 26.2 Å². The molecular weight excluding hydrogens is 354 g/mol. The molecule has 21 heavy (non-hydrogen) atoms. The molecule has 0 fully saturated rings. The molecule has 2 aromatic rings. The van der Waals surface area contributed by atoms with Crippen molar-refractivity contribution >= 4 is 27.5 Å². The molecule has 3 N–H and O–H groups in total. The van der Waals surface area contributed by atoms with Crippen LogP contribution in [0.4, 0.5) is 0 Å². The number of halogens is 2. The fourth-order valence-electron chi connectivity index (χ4n) is 2.94. The fourth-order valence-corrected chi connectivity index (χ4v) is 3.45. The third-order valence-electron chi connectivity index (χ3n) is 3.86. The fraction of sp³-hybridized carbons (Fsp3) is 0.133. The Balaban J connectivity index is 2.05. The molecule has 2 aliphatic rings. The van der Waals surface area contributed by atoms with E-state index in [9.17, 15) is 0 Å². The van der Waals surface area contributed by atoms with Crippen molar-refractivity contribution < 1.29 is 4.74 Å². The smallest absolute Gasteiger partial charge is 0.150 e. The summed E-state index contributed by atoms with van der Waals surface area (Å²) in [7, 11) is 0. The molecule has 6 heteroatoms. The van der Waals surface area contributed by atoms with E-state index in [1.54, 1.807) is 6.07 Å². The van der Waals surface area contributed by atoms with Crippen molar-refractivity contribution in [2.24, 2.45) is 5.73 Å². The van der Waals surface area contributed by atoms with Gasteiger partial charge in [0.25, 0.3) is 0 Å². The number of pyridine rings is 1. The van der Waals surface area contributed by atoms with E-state index in [1.807, 2.05) is 30.3 Å². The number of hydrogen-bond acceptors (Lipinski definition) is 4. The Kier molecular flexibility index (Phi) is 2.71. The SMILES string of the molecule is NC1=CC2(CN1)c1cc(Br)ccc1Oc1ccc(Cl)nc12. The number of fused-ring (bicyclic) bond motifs is 4. The summed E-state index contributed by atoms with van der Waals surface area (Å²) in [6.07, 6.45) is 1.99. The monoisotopic (exact) mass is 363 g/mol. The van der Waals surface area contributed by atoms with Crippen molar-refractivity contribution in [2.45, 2.75) is 5.41 Å². The maximum Gasteiger partial charge on any atom is 0.150 e. The van der Waals surface area contributed by atoms with Crippen LogP contribution in [-0.2, 0) is 5.41 Å². The summed E-state index contributed by atoms with van der Waals surface area (Å²) >= 11 is 9.60. The van der Waals surface area contributed by atoms with Crippen LogP contribution >= 0.6 is 27.5 Å². The minimum Gasteiger partial charge on any atom is -0.455 e. The van der Waals surface area contributed by atoms with Crippen molar-refractivity contribution in [3.63, 3.8) is 0 Å². The summed E-state index contributed by atoms with van der Waals surface area (Å²) in [5.41, 5.74) is 7.32. The van der Waals surface area contributed by atoms with Gasteiger partial charge in [-0.1, -0.05) is 27.5 Å². The predicted octanol–water partition coefficient (Wildman–Crippen LogP) is 3.29. The lowest BCUT2D eigenvalue weighted by Crippen LogP contribution is -2.35. The number of ether oxygens (including phenoxy) is 1. The topological polar surface area (TPSA) is 60.2 Å². The molecule has 0 saturated carbocycles. The second-order valence-corrected chi connectivity index (χ2v) is 6.45. The maximum atomic E-state index is 6.08. The molecule has 0 radical (unpaired) electrons. The summed E-state index contributed by atoms with van der Waals surface area (Å²) in [6, 6.07) is 9.52. The van der Waals surface area contributed by atoms with Crippen molar-refractivity contribution in [3.05, 3.63) is 63.1 Å². The molecule has 0 bridgehead atoms. The van der Waals surface area contributed by atoms with Gasteiger partial charge >= 0.3 is 0 Å². The zero-order valence-electron chi connectivity index (χ0n) is 10.9. The quantitative estimate of drug-likeness (QED) is 0.704. The average Bonchev–Trinajstić information content (AvgIpc) is 2.84. The average molecular weight is 365 g/mol. The second kappa shape index (κ2) is 4.39. The number of benzene rings is 1. The summed E-state index contributed by atoms with van der Waals surface area (Å²) in [4.78, 5) is 4.50. The zero-order valence-corrected chi connectivity index (χ0v) is 13.2. The Morgan fingerprint density at radius 1 is 1.29 bits per heavy atom. The van der Waals surface area contributed by atoms with E-state index in [0.717, 1.165) is 21.5 Å². The van der Waals surface area contributed by atoms with Gasteiger partial charge in [-0.25, -0.2) is 4.98 Å². The Labute approximate surface area is 135 Å². The minimum absolute atomic E-state index is 0.439. The third kappa shape index (κ3) is 1.84. The summed E-state index contributed by atoms with van der Waals surface area (Å²) < 4.78 is 6.95. The first kappa shape index (κ1) is 13.0. The summed E-state index contributed by atoms with van der Waals surface area (Å²) in [5, 5.41) is 3.62. The summed E-state index contributed by atoms with van der Waals surface area (Å²) in [5.74, 6) is 2.15. The maximum absolute atomic E-state index is 6.08. The van der Waals surface area contributed by atoms with Crippen LogP contribution in [0.1, 0.15) is 11.3 Å². The molecule has 1 aromatic carbocycles. The highest BCUT2D eigenvalue weighted by Gasteiger charge is 2.45. The van der Waals surface area contributed by atoms with Crippen LogP contribution in [0.2, 0.25) is 5.15 Å². The van der Waals surface area contributed by atoms with Gasteiger partial charge < -0.3 is 15.8 Å². The van der Waals surface area contributed by atoms with E-state index < -0.39 is 5.41 Å². The highest BCUT2D eigenvalue weighted by Crippen LogP contribution is 2.50. The molecule has 1 unspecified atom stereocenters. The van der Waals surface area contributed by atoms with Crippen molar-refractivity contribution in [3.8, 4) is 11.5 Å². The number of nitrogens with one attached hydrogen (secondary N) is 1. The van der Waals surface area contributed by atoms with Crippen molar-refractivity contribution in [1.82, 2.24) is 10.3 Å². The first-order valence-corrected chi connectivity index (χ1v) is 7.63. The van der Waals surface area contributed by atoms with E-state index in [4.69, 9.17) is 22.1 Å². The van der Waals surface area contributed by atoms with Gasteiger partial charge in [0, 0.05) is 16.6 Å². The van der Waals surface area contributed by atoms with Crippen LogP contribution in [0.25, 0.3) is 0 Å². The molecular formula is C15H11BrClN3O. The van der Waals surface area contributed by atoms with Gasteiger partial charge in [0.15, 0.2) is 0 Å². The normalized spacial score (nSPS) is 22.1. The van der Waals surface area contributed by atoms with Crippen LogP contribution in [0.5, 0.6) is 11.5 Å². The lowest BCUT2D eigenvalue weighted by molar-refractivity contribution is 0.416. The molecule has 1 atom stereocenters. The molecule has 1 aromatic heterocycles. The first-order chi connectivity index (χ1) is 10.1. The molecule has 2 aliphatic heterocycles. The summed E-state index contributed by atoms with van der Waals surface area (Å²) in [6.45, 7) is 0.631. The molecule has 0 amide bonds. The third-order valence-corrected chi connectivity index (χ3v) is 4.57. The Morgan fingerprint density at radius 2 is 2.10 bits per heavy atom. The molecule has 106 valence electrons. The van der Waals surface area contributed by atoms with E-state index >= 15 is 0 Å². The van der Waals surface area contributed by atoms with Gasteiger partial charge in [0.05, 0.1) is 11.2 Å². The van der Waals surface area contributed by atoms with Gasteiger partial charge in [-0.05, 0) is 36.4 Å². The molecule has 4 rings (SSSR count). The van der Waals surface area contributed by atoms with E-state index in [1.165, 1.54) is 0 Å². The van der Waals surface area contributed by atoms with Crippen LogP contribution in [0.15, 0.2) is 46.7 Å². The molecule has 0 saturated heterocycles. The largest absolute Gasteiger partial charge is 0.455 e. The molecule has 1 spiro atoms. The number of hydrogen-bond donors (Lipinski definition) is 2. The Hall–Kier alpha value is -1.72. The minimum atomic E-state index is -0.457. The van der Waals surface area contributed by atoms with Gasteiger partial charge in [0.1, 0.15) is 22.3 Å². The van der Waals surface area contributed by atoms with Crippen molar-refractivity contribution in [2.75, 3.05) is 6.54 Å². The zero-order chi connectivity index (χ0) is 14.6. The number of nitrogens with two attached hydrogens (primary N) is 1. The Morgan fingerprint density at radius 3 is 2.86 bits per heavy atom. The van der Waals surface area contributed by atoms with Crippen LogP contribution in [-0.4, -0.2) is 11.5 Å². The first-order valence-electron chi connectivity index (χ1n) is 6.46. The van der Waals surface area contributed by atoms with E-state index in [0.29, 0.717) is 23.3 Å². The van der Waals surface area contributed by atoms with Crippen molar-refractivity contribution in [1.29, 1.82) is 0 Å². The lowest BCUT2D eigenvalue weighted by atomic mass is 9.76. The van der Waals surface area contributed by atoms with Gasteiger partial charge in [0.2, 0.25) is 0 Å². The number of aromatic nitrogens is 1. The molecule has 0 aliphatic carbocycles. The van der Waals surface area contributed by atoms with Crippen LogP contribution in [0.3, 0.4) is 0 Å². The highest BCUT2D eigenvalue weighted by molar-refractivity contribution is 9.10. The number of nitrogens with zero attached hydrogens (tertiary/aromatic N) is 1. The van der Waals surface area contributed by atoms with Crippen LogP contribution < -0.4 is 15.8 Å². The lowest BCUT2D eigenvalue weighted by Gasteiger charge is -2.34. The molecule has 4 nitrogen and oxygen atoms in total. The van der Waals surface area contributed by atoms with Crippen LogP contribution in [0, 0.1) is 0 Å². The predicted molar refractivity (Wildman–Crippen MR) is 84.5 cm³/mol. The standard InChI is InChI=1S/C15H11BrClN3O/c16-8-1-2-10-9(5-8)15(6-13(18)19-7-15)14-11(21-10)3-4-12(17)20-14/h1-6,19H,7,18H2. The highest BCUT2D eigenvalue weighted by atomic mass is 79.9. The van der Waals surface area contributed by atoms with Gasteiger partial charge in [-0.2, -0.15) is 0 Å². The Bertz CT molecular complexity index is 739.